The van der Waals surface area contributed by atoms with Crippen LogP contribution in [0.4, 0.5) is 0 Å². The summed E-state index contributed by atoms with van der Waals surface area (Å²) in [5.41, 5.74) is 2.18. The number of aromatic nitrogens is 3. The standard InChI is InChI=1S/C20H26N6O3/c1-14-6-7-15(17(11-14)29-10-9-27-3)12-22-20(21-2)23-13-18-24-19(26-25-18)16-5-4-8-28-16/h4-8,11H,9-10,12-13H2,1-3H3,(H2,21,22,23)(H,24,25,26). The predicted molar refractivity (Wildman–Crippen MR) is 110 cm³/mol. The molecule has 0 radical (unpaired) electrons. The monoisotopic (exact) mass is 398 g/mol. The summed E-state index contributed by atoms with van der Waals surface area (Å²) in [7, 11) is 3.37. The molecule has 0 bridgehead atoms. The zero-order chi connectivity index (χ0) is 20.5. The minimum atomic E-state index is 0.443. The summed E-state index contributed by atoms with van der Waals surface area (Å²) in [6.07, 6.45) is 1.59. The molecule has 0 amide bonds. The van der Waals surface area contributed by atoms with Crippen molar-refractivity contribution in [2.45, 2.75) is 20.0 Å². The average molecular weight is 398 g/mol. The average Bonchev–Trinajstić information content (AvgIpc) is 3.41. The Balaban J connectivity index is 1.54. The molecule has 0 saturated heterocycles. The van der Waals surface area contributed by atoms with E-state index in [-0.39, 0.29) is 0 Å². The van der Waals surface area contributed by atoms with E-state index in [1.807, 2.05) is 25.1 Å². The first-order valence-electron chi connectivity index (χ1n) is 9.30. The number of methoxy groups -OCH3 is 1. The number of H-pyrrole nitrogens is 1. The highest BCUT2D eigenvalue weighted by molar-refractivity contribution is 5.79. The molecule has 9 heteroatoms. The third-order valence-electron chi connectivity index (χ3n) is 4.13. The summed E-state index contributed by atoms with van der Waals surface area (Å²) < 4.78 is 16.2. The van der Waals surface area contributed by atoms with E-state index in [2.05, 4.69) is 36.9 Å². The zero-order valence-corrected chi connectivity index (χ0v) is 16.9. The highest BCUT2D eigenvalue weighted by Crippen LogP contribution is 2.20. The molecule has 0 aliphatic carbocycles. The van der Waals surface area contributed by atoms with Gasteiger partial charge in [-0.2, -0.15) is 0 Å². The summed E-state index contributed by atoms with van der Waals surface area (Å²) in [4.78, 5) is 8.66. The smallest absolute Gasteiger partial charge is 0.216 e. The molecule has 0 aliphatic heterocycles. The second-order valence-electron chi connectivity index (χ2n) is 6.31. The Bertz CT molecular complexity index is 920. The van der Waals surface area contributed by atoms with Crippen molar-refractivity contribution >= 4 is 5.96 Å². The Kier molecular flexibility index (Phi) is 7.23. The van der Waals surface area contributed by atoms with Crippen LogP contribution in [0.15, 0.2) is 46.0 Å². The van der Waals surface area contributed by atoms with E-state index in [1.54, 1.807) is 26.5 Å². The van der Waals surface area contributed by atoms with Crippen LogP contribution in [0.2, 0.25) is 0 Å². The molecule has 3 aromatic rings. The van der Waals surface area contributed by atoms with Gasteiger partial charge in [-0.3, -0.25) is 10.1 Å². The van der Waals surface area contributed by atoms with E-state index in [1.165, 1.54) is 0 Å². The van der Waals surface area contributed by atoms with Gasteiger partial charge in [0, 0.05) is 26.3 Å². The minimum absolute atomic E-state index is 0.443. The van der Waals surface area contributed by atoms with Crippen molar-refractivity contribution < 1.29 is 13.9 Å². The normalized spacial score (nSPS) is 11.5. The van der Waals surface area contributed by atoms with Gasteiger partial charge in [-0.05, 0) is 30.7 Å². The third-order valence-corrected chi connectivity index (χ3v) is 4.13. The number of aryl methyl sites for hydroxylation is 1. The summed E-state index contributed by atoms with van der Waals surface area (Å²) in [5, 5.41) is 13.5. The molecule has 3 rings (SSSR count). The summed E-state index contributed by atoms with van der Waals surface area (Å²) in [6, 6.07) is 9.74. The maximum atomic E-state index is 5.83. The van der Waals surface area contributed by atoms with E-state index >= 15 is 0 Å². The van der Waals surface area contributed by atoms with Gasteiger partial charge in [0.15, 0.2) is 11.7 Å². The highest BCUT2D eigenvalue weighted by Gasteiger charge is 2.09. The van der Waals surface area contributed by atoms with E-state index in [4.69, 9.17) is 13.9 Å². The fourth-order valence-electron chi connectivity index (χ4n) is 2.63. The van der Waals surface area contributed by atoms with Crippen molar-refractivity contribution in [2.75, 3.05) is 27.4 Å². The lowest BCUT2D eigenvalue weighted by molar-refractivity contribution is 0.145. The van der Waals surface area contributed by atoms with Crippen LogP contribution in [-0.2, 0) is 17.8 Å². The van der Waals surface area contributed by atoms with Crippen LogP contribution in [0.3, 0.4) is 0 Å². The summed E-state index contributed by atoms with van der Waals surface area (Å²) in [6.45, 7) is 4.09. The molecule has 0 saturated carbocycles. The molecule has 154 valence electrons. The first-order chi connectivity index (χ1) is 14.2. The van der Waals surface area contributed by atoms with Gasteiger partial charge in [0.05, 0.1) is 19.4 Å². The number of aromatic amines is 1. The molecule has 0 fully saturated rings. The lowest BCUT2D eigenvalue weighted by atomic mass is 10.1. The quantitative estimate of drug-likeness (QED) is 0.288. The molecule has 3 N–H and O–H groups in total. The molecule has 0 aliphatic rings. The number of furan rings is 1. The van der Waals surface area contributed by atoms with E-state index in [0.29, 0.717) is 49.7 Å². The lowest BCUT2D eigenvalue weighted by Gasteiger charge is -2.15. The first-order valence-corrected chi connectivity index (χ1v) is 9.30. The number of nitrogens with one attached hydrogen (secondary N) is 3. The van der Waals surface area contributed by atoms with Crippen LogP contribution in [-0.4, -0.2) is 48.5 Å². The largest absolute Gasteiger partial charge is 0.491 e. The molecule has 0 atom stereocenters. The highest BCUT2D eigenvalue weighted by atomic mass is 16.5. The fourth-order valence-corrected chi connectivity index (χ4v) is 2.63. The van der Waals surface area contributed by atoms with Crippen LogP contribution in [0.1, 0.15) is 17.0 Å². The van der Waals surface area contributed by atoms with Gasteiger partial charge in [-0.1, -0.05) is 12.1 Å². The molecule has 0 spiro atoms. The molecule has 2 heterocycles. The van der Waals surface area contributed by atoms with Gasteiger partial charge < -0.3 is 24.5 Å². The van der Waals surface area contributed by atoms with Crippen molar-refractivity contribution in [3.05, 3.63) is 53.5 Å². The predicted octanol–water partition coefficient (Wildman–Crippen LogP) is 2.26. The van der Waals surface area contributed by atoms with Gasteiger partial charge in [0.1, 0.15) is 18.2 Å². The van der Waals surface area contributed by atoms with Crippen LogP contribution < -0.4 is 15.4 Å². The number of nitrogens with zero attached hydrogens (tertiary/aromatic N) is 3. The fraction of sp³-hybridized carbons (Fsp3) is 0.350. The maximum absolute atomic E-state index is 5.83. The summed E-state index contributed by atoms with van der Waals surface area (Å²) >= 11 is 0. The van der Waals surface area contributed by atoms with Gasteiger partial charge in [0.25, 0.3) is 0 Å². The number of benzene rings is 1. The van der Waals surface area contributed by atoms with Crippen LogP contribution >= 0.6 is 0 Å². The second kappa shape index (κ2) is 10.3. The Hall–Kier alpha value is -3.33. The first kappa shape index (κ1) is 20.4. The number of rotatable bonds is 9. The number of guanidine groups is 1. The van der Waals surface area contributed by atoms with Crippen molar-refractivity contribution in [2.24, 2.45) is 4.99 Å². The van der Waals surface area contributed by atoms with Gasteiger partial charge in [0.2, 0.25) is 5.82 Å². The Morgan fingerprint density at radius 2 is 2.07 bits per heavy atom. The van der Waals surface area contributed by atoms with Crippen molar-refractivity contribution in [1.29, 1.82) is 0 Å². The molecular weight excluding hydrogens is 372 g/mol. The Labute approximate surface area is 169 Å². The van der Waals surface area contributed by atoms with Crippen LogP contribution in [0.5, 0.6) is 5.75 Å². The molecule has 0 unspecified atom stereocenters. The van der Waals surface area contributed by atoms with Crippen LogP contribution in [0.25, 0.3) is 11.6 Å². The van der Waals surface area contributed by atoms with Crippen molar-refractivity contribution in [3.8, 4) is 17.3 Å². The number of hydrogen-bond donors (Lipinski definition) is 3. The Morgan fingerprint density at radius 3 is 2.83 bits per heavy atom. The molecule has 29 heavy (non-hydrogen) atoms. The van der Waals surface area contributed by atoms with Gasteiger partial charge in [-0.25, -0.2) is 4.98 Å². The van der Waals surface area contributed by atoms with Crippen molar-refractivity contribution in [1.82, 2.24) is 25.8 Å². The van der Waals surface area contributed by atoms with Crippen LogP contribution in [0, 0.1) is 6.92 Å². The topological polar surface area (TPSA) is 110 Å². The molecule has 1 aromatic carbocycles. The van der Waals surface area contributed by atoms with Gasteiger partial charge in [-0.15, -0.1) is 5.10 Å². The van der Waals surface area contributed by atoms with E-state index < -0.39 is 0 Å². The molecule has 2 aromatic heterocycles. The minimum Gasteiger partial charge on any atom is -0.491 e. The SMILES string of the molecule is CN=C(NCc1nc(-c2ccco2)n[nH]1)NCc1ccc(C)cc1OCCOC. The number of hydrogen-bond acceptors (Lipinski definition) is 6. The summed E-state index contributed by atoms with van der Waals surface area (Å²) in [5.74, 6) is 3.30. The lowest BCUT2D eigenvalue weighted by Crippen LogP contribution is -2.36. The molecular formula is C20H26N6O3. The Morgan fingerprint density at radius 1 is 1.21 bits per heavy atom. The van der Waals surface area contributed by atoms with E-state index in [0.717, 1.165) is 16.9 Å². The van der Waals surface area contributed by atoms with Crippen molar-refractivity contribution in [3.63, 3.8) is 0 Å². The zero-order valence-electron chi connectivity index (χ0n) is 16.9. The van der Waals surface area contributed by atoms with Gasteiger partial charge >= 0.3 is 0 Å². The second-order valence-corrected chi connectivity index (χ2v) is 6.31. The maximum Gasteiger partial charge on any atom is 0.216 e. The third kappa shape index (κ3) is 5.82. The molecule has 9 nitrogen and oxygen atoms in total. The number of ether oxygens (including phenoxy) is 2. The number of aliphatic imine (C=N–C) groups is 1. The van der Waals surface area contributed by atoms with E-state index in [9.17, 15) is 0 Å².